The Hall–Kier alpha value is -3.22. The van der Waals surface area contributed by atoms with Crippen LogP contribution in [0, 0.1) is 13.8 Å². The molecular formula is C22H25N5O2. The van der Waals surface area contributed by atoms with E-state index in [1.54, 1.807) is 7.05 Å². The van der Waals surface area contributed by atoms with Crippen LogP contribution in [-0.2, 0) is 18.5 Å². The zero-order valence-electron chi connectivity index (χ0n) is 17.2. The maximum Gasteiger partial charge on any atom is 0.368 e. The van der Waals surface area contributed by atoms with Gasteiger partial charge >= 0.3 is 5.69 Å². The first-order chi connectivity index (χ1) is 14.0. The number of tetrazole rings is 1. The first-order valence-electron chi connectivity index (χ1n) is 9.81. The lowest BCUT2D eigenvalue weighted by atomic mass is 9.97. The second-order valence-corrected chi connectivity index (χ2v) is 7.61. The van der Waals surface area contributed by atoms with Gasteiger partial charge in [-0.2, -0.15) is 9.36 Å². The zero-order valence-corrected chi connectivity index (χ0v) is 17.2. The van der Waals surface area contributed by atoms with E-state index in [-0.39, 0.29) is 12.3 Å². The predicted molar refractivity (Wildman–Crippen MR) is 111 cm³/mol. The molecule has 0 saturated heterocycles. The van der Waals surface area contributed by atoms with Crippen LogP contribution in [0.4, 0.5) is 0 Å². The van der Waals surface area contributed by atoms with E-state index in [2.05, 4.69) is 40.7 Å². The summed E-state index contributed by atoms with van der Waals surface area (Å²) in [7, 11) is 1.57. The van der Waals surface area contributed by atoms with Gasteiger partial charge in [-0.3, -0.25) is 0 Å². The van der Waals surface area contributed by atoms with Crippen molar-refractivity contribution in [3.8, 4) is 5.69 Å². The Morgan fingerprint density at radius 3 is 2.62 bits per heavy atom. The number of aryl methyl sites for hydroxylation is 2. The van der Waals surface area contributed by atoms with Gasteiger partial charge in [0.1, 0.15) is 6.61 Å². The Labute approximate surface area is 169 Å². The molecule has 29 heavy (non-hydrogen) atoms. The van der Waals surface area contributed by atoms with E-state index in [0.717, 1.165) is 22.4 Å². The third-order valence-corrected chi connectivity index (χ3v) is 5.53. The molecule has 1 saturated carbocycles. The van der Waals surface area contributed by atoms with E-state index < -0.39 is 0 Å². The van der Waals surface area contributed by atoms with Crippen LogP contribution in [0.1, 0.15) is 53.5 Å². The smallest absolute Gasteiger partial charge is 0.368 e. The lowest BCUT2D eigenvalue weighted by Crippen LogP contribution is -2.23. The van der Waals surface area contributed by atoms with E-state index in [1.165, 1.54) is 33.3 Å². The second kappa shape index (κ2) is 7.66. The molecule has 2 aromatic carbocycles. The lowest BCUT2D eigenvalue weighted by Gasteiger charge is -2.12. The van der Waals surface area contributed by atoms with Crippen LogP contribution in [-0.4, -0.2) is 25.5 Å². The molecule has 1 fully saturated rings. The fraction of sp³-hybridized carbons (Fsp3) is 0.364. The van der Waals surface area contributed by atoms with Crippen molar-refractivity contribution in [2.75, 3.05) is 0 Å². The fourth-order valence-corrected chi connectivity index (χ4v) is 3.66. The summed E-state index contributed by atoms with van der Waals surface area (Å²) >= 11 is 0. The van der Waals surface area contributed by atoms with Gasteiger partial charge in [0.05, 0.1) is 11.4 Å². The second-order valence-electron chi connectivity index (χ2n) is 7.61. The SMILES string of the molecule is CC(=NOCc1c(C)cccc1-n1nnn(C)c1=O)c1cccc(C2CC2)c1C. The molecule has 0 spiro atoms. The number of oxime groups is 1. The molecule has 7 nitrogen and oxygen atoms in total. The van der Waals surface area contributed by atoms with Crippen molar-refractivity contribution in [2.24, 2.45) is 12.2 Å². The molecule has 7 heteroatoms. The molecule has 0 aliphatic heterocycles. The van der Waals surface area contributed by atoms with Gasteiger partial charge in [-0.1, -0.05) is 35.5 Å². The summed E-state index contributed by atoms with van der Waals surface area (Å²) < 4.78 is 2.48. The largest absolute Gasteiger partial charge is 0.391 e. The van der Waals surface area contributed by atoms with Crippen LogP contribution in [0.25, 0.3) is 5.69 Å². The molecule has 0 amide bonds. The van der Waals surface area contributed by atoms with Crippen molar-refractivity contribution in [1.82, 2.24) is 19.8 Å². The van der Waals surface area contributed by atoms with E-state index >= 15 is 0 Å². The van der Waals surface area contributed by atoms with Gasteiger partial charge in [0.2, 0.25) is 0 Å². The molecule has 1 aliphatic carbocycles. The Morgan fingerprint density at radius 1 is 1.17 bits per heavy atom. The maximum absolute atomic E-state index is 12.3. The molecule has 3 aromatic rings. The molecule has 1 aliphatic rings. The molecule has 4 rings (SSSR count). The van der Waals surface area contributed by atoms with E-state index in [0.29, 0.717) is 11.6 Å². The first-order valence-corrected chi connectivity index (χ1v) is 9.81. The summed E-state index contributed by atoms with van der Waals surface area (Å²) in [5, 5.41) is 12.1. The lowest BCUT2D eigenvalue weighted by molar-refractivity contribution is 0.130. The van der Waals surface area contributed by atoms with Crippen molar-refractivity contribution in [2.45, 2.75) is 46.1 Å². The number of hydrogen-bond donors (Lipinski definition) is 0. The molecule has 1 heterocycles. The Kier molecular flexibility index (Phi) is 5.05. The van der Waals surface area contributed by atoms with Gasteiger partial charge in [-0.05, 0) is 72.7 Å². The van der Waals surface area contributed by atoms with E-state index in [9.17, 15) is 4.79 Å². The number of aromatic nitrogens is 4. The third kappa shape index (κ3) is 3.72. The fourth-order valence-electron chi connectivity index (χ4n) is 3.66. The van der Waals surface area contributed by atoms with Crippen molar-refractivity contribution < 1.29 is 4.84 Å². The highest BCUT2D eigenvalue weighted by atomic mass is 16.6. The quantitative estimate of drug-likeness (QED) is 0.477. The Bertz CT molecular complexity index is 1140. The Morgan fingerprint density at radius 2 is 1.93 bits per heavy atom. The highest BCUT2D eigenvalue weighted by Gasteiger charge is 2.25. The monoisotopic (exact) mass is 391 g/mol. The minimum Gasteiger partial charge on any atom is -0.391 e. The molecular weight excluding hydrogens is 366 g/mol. The Balaban J connectivity index is 1.58. The van der Waals surface area contributed by atoms with Gasteiger partial charge in [-0.15, -0.1) is 0 Å². The predicted octanol–water partition coefficient (Wildman–Crippen LogP) is 3.40. The van der Waals surface area contributed by atoms with Gasteiger partial charge in [0, 0.05) is 18.2 Å². The standard InChI is InChI=1S/C22H25N5O2/c1-14-7-5-10-21(27-22(28)26(4)24-25-27)20(14)13-29-23-16(3)18-8-6-9-19(15(18)2)17-11-12-17/h5-10,17H,11-13H2,1-4H3. The highest BCUT2D eigenvalue weighted by molar-refractivity contribution is 5.99. The first kappa shape index (κ1) is 19.1. The topological polar surface area (TPSA) is 74.3 Å². The molecule has 0 atom stereocenters. The highest BCUT2D eigenvalue weighted by Crippen LogP contribution is 2.42. The summed E-state index contributed by atoms with van der Waals surface area (Å²) in [6.07, 6.45) is 2.55. The summed E-state index contributed by atoms with van der Waals surface area (Å²) in [6.45, 7) is 6.33. The zero-order chi connectivity index (χ0) is 20.5. The van der Waals surface area contributed by atoms with Crippen molar-refractivity contribution in [3.05, 3.63) is 74.7 Å². The third-order valence-electron chi connectivity index (χ3n) is 5.53. The molecule has 0 unspecified atom stereocenters. The average molecular weight is 391 g/mol. The number of nitrogens with zero attached hydrogens (tertiary/aromatic N) is 5. The summed E-state index contributed by atoms with van der Waals surface area (Å²) in [5.74, 6) is 0.698. The summed E-state index contributed by atoms with van der Waals surface area (Å²) in [6, 6.07) is 12.1. The molecule has 1 aromatic heterocycles. The van der Waals surface area contributed by atoms with Crippen molar-refractivity contribution >= 4 is 5.71 Å². The maximum atomic E-state index is 12.3. The van der Waals surface area contributed by atoms with Crippen LogP contribution in [0.5, 0.6) is 0 Å². The van der Waals surface area contributed by atoms with Gasteiger partial charge in [0.15, 0.2) is 0 Å². The molecule has 0 N–H and O–H groups in total. The van der Waals surface area contributed by atoms with Gasteiger partial charge in [0.25, 0.3) is 0 Å². The van der Waals surface area contributed by atoms with Gasteiger partial charge in [-0.25, -0.2) is 4.79 Å². The number of hydrogen-bond acceptors (Lipinski definition) is 5. The van der Waals surface area contributed by atoms with Crippen LogP contribution >= 0.6 is 0 Å². The average Bonchev–Trinajstić information content (AvgIpc) is 3.49. The molecule has 0 radical (unpaired) electrons. The van der Waals surface area contributed by atoms with E-state index in [1.807, 2.05) is 32.0 Å². The van der Waals surface area contributed by atoms with Crippen LogP contribution < -0.4 is 5.69 Å². The van der Waals surface area contributed by atoms with Crippen molar-refractivity contribution in [1.29, 1.82) is 0 Å². The van der Waals surface area contributed by atoms with Crippen LogP contribution in [0.3, 0.4) is 0 Å². The van der Waals surface area contributed by atoms with Gasteiger partial charge < -0.3 is 4.84 Å². The molecule has 0 bridgehead atoms. The minimum atomic E-state index is -0.302. The molecule has 150 valence electrons. The van der Waals surface area contributed by atoms with Crippen molar-refractivity contribution in [3.63, 3.8) is 0 Å². The number of benzene rings is 2. The van der Waals surface area contributed by atoms with E-state index in [4.69, 9.17) is 4.84 Å². The summed E-state index contributed by atoms with van der Waals surface area (Å²) in [4.78, 5) is 18.0. The number of rotatable bonds is 6. The summed E-state index contributed by atoms with van der Waals surface area (Å²) in [5.41, 5.74) is 6.87. The van der Waals surface area contributed by atoms with Crippen LogP contribution in [0.15, 0.2) is 46.3 Å². The minimum absolute atomic E-state index is 0.240. The normalized spacial score (nSPS) is 14.3. The van der Waals surface area contributed by atoms with Crippen LogP contribution in [0.2, 0.25) is 0 Å².